The van der Waals surface area contributed by atoms with E-state index in [9.17, 15) is 4.79 Å². The number of ether oxygens (including phenoxy) is 1. The van der Waals surface area contributed by atoms with Crippen molar-refractivity contribution in [3.8, 4) is 11.4 Å². The Hall–Kier alpha value is -1.95. The van der Waals surface area contributed by atoms with Gasteiger partial charge < -0.3 is 4.74 Å². The highest BCUT2D eigenvalue weighted by atomic mass is 32.1. The summed E-state index contributed by atoms with van der Waals surface area (Å²) in [5.41, 5.74) is 0.979. The van der Waals surface area contributed by atoms with E-state index in [-0.39, 0.29) is 11.9 Å². The summed E-state index contributed by atoms with van der Waals surface area (Å²) in [5.74, 6) is 0.757. The minimum Gasteiger partial charge on any atom is -0.463 e. The molecule has 0 saturated heterocycles. The molecule has 1 aliphatic carbocycles. The number of benzene rings is 1. The molecule has 3 rings (SSSR count). The highest BCUT2D eigenvalue weighted by Crippen LogP contribution is 2.29. The highest BCUT2D eigenvalue weighted by molar-refractivity contribution is 7.71. The maximum Gasteiger partial charge on any atom is 0.308 e. The number of carbonyl (C=O) groups is 1. The van der Waals surface area contributed by atoms with Gasteiger partial charge in [0.2, 0.25) is 4.77 Å². The summed E-state index contributed by atoms with van der Waals surface area (Å²) in [6.45, 7) is 0.817. The summed E-state index contributed by atoms with van der Waals surface area (Å²) in [5, 5.41) is 3.13. The molecule has 0 radical (unpaired) electrons. The molecule has 0 amide bonds. The van der Waals surface area contributed by atoms with Crippen molar-refractivity contribution in [2.75, 3.05) is 6.61 Å². The SMILES string of the molecule is O=C(OCCn1[nH]c(-c2ccccc2)nc1=S)C1CC1. The summed E-state index contributed by atoms with van der Waals surface area (Å²) in [6, 6.07) is 9.77. The Kier molecular flexibility index (Phi) is 3.64. The molecule has 0 atom stereocenters. The average molecular weight is 289 g/mol. The summed E-state index contributed by atoms with van der Waals surface area (Å²) in [4.78, 5) is 15.7. The molecule has 0 aliphatic heterocycles. The third kappa shape index (κ3) is 2.96. The molecule has 1 aliphatic rings. The molecule has 1 heterocycles. The first-order valence-electron chi connectivity index (χ1n) is 6.63. The van der Waals surface area contributed by atoms with Gasteiger partial charge in [-0.1, -0.05) is 30.3 Å². The Morgan fingerprint density at radius 3 is 2.85 bits per heavy atom. The van der Waals surface area contributed by atoms with Gasteiger partial charge in [0.1, 0.15) is 6.61 Å². The van der Waals surface area contributed by atoms with Gasteiger partial charge in [0, 0.05) is 5.56 Å². The first kappa shape index (κ1) is 13.1. The zero-order valence-corrected chi connectivity index (χ0v) is 11.7. The Balaban J connectivity index is 1.64. The number of aromatic nitrogens is 3. The second-order valence-corrected chi connectivity index (χ2v) is 5.18. The van der Waals surface area contributed by atoms with E-state index in [0.717, 1.165) is 24.2 Å². The van der Waals surface area contributed by atoms with Crippen molar-refractivity contribution in [3.63, 3.8) is 0 Å². The maximum absolute atomic E-state index is 11.4. The highest BCUT2D eigenvalue weighted by Gasteiger charge is 2.31. The van der Waals surface area contributed by atoms with Crippen molar-refractivity contribution in [1.29, 1.82) is 0 Å². The lowest BCUT2D eigenvalue weighted by Crippen LogP contribution is -2.13. The lowest BCUT2D eigenvalue weighted by atomic mass is 10.2. The number of nitrogens with zero attached hydrogens (tertiary/aromatic N) is 2. The second-order valence-electron chi connectivity index (χ2n) is 4.81. The van der Waals surface area contributed by atoms with Gasteiger partial charge in [-0.15, -0.1) is 0 Å². The van der Waals surface area contributed by atoms with Crippen LogP contribution in [0.25, 0.3) is 11.4 Å². The molecule has 0 unspecified atom stereocenters. The standard InChI is InChI=1S/C14H15N3O2S/c18-13(11-6-7-11)19-9-8-17-14(20)15-12(16-17)10-4-2-1-3-5-10/h1-5,11H,6-9H2,(H,15,16,20). The third-order valence-electron chi connectivity index (χ3n) is 3.20. The fourth-order valence-corrected chi connectivity index (χ4v) is 2.14. The predicted octanol–water partition coefficient (Wildman–Crippen LogP) is 2.56. The van der Waals surface area contributed by atoms with Crippen LogP contribution in [0.15, 0.2) is 30.3 Å². The van der Waals surface area contributed by atoms with Crippen LogP contribution in [0.1, 0.15) is 12.8 Å². The summed E-state index contributed by atoms with van der Waals surface area (Å²) >= 11 is 5.20. The van der Waals surface area contributed by atoms with E-state index in [0.29, 0.717) is 17.9 Å². The molecular weight excluding hydrogens is 274 g/mol. The van der Waals surface area contributed by atoms with Crippen molar-refractivity contribution >= 4 is 18.2 Å². The van der Waals surface area contributed by atoms with Crippen LogP contribution in [-0.2, 0) is 16.1 Å². The predicted molar refractivity (Wildman–Crippen MR) is 76.5 cm³/mol. The van der Waals surface area contributed by atoms with Crippen LogP contribution >= 0.6 is 12.2 Å². The van der Waals surface area contributed by atoms with Crippen molar-refractivity contribution in [1.82, 2.24) is 14.8 Å². The summed E-state index contributed by atoms with van der Waals surface area (Å²) in [6.07, 6.45) is 1.92. The van der Waals surface area contributed by atoms with Gasteiger partial charge in [-0.3, -0.25) is 14.6 Å². The Morgan fingerprint density at radius 1 is 1.40 bits per heavy atom. The fourth-order valence-electron chi connectivity index (χ4n) is 1.91. The Bertz CT molecular complexity index is 659. The van der Waals surface area contributed by atoms with Crippen molar-refractivity contribution in [2.45, 2.75) is 19.4 Å². The number of rotatable bonds is 5. The normalized spacial score (nSPS) is 14.2. The fraction of sp³-hybridized carbons (Fsp3) is 0.357. The van der Waals surface area contributed by atoms with Gasteiger partial charge in [0.15, 0.2) is 5.82 Å². The minimum atomic E-state index is -0.0979. The van der Waals surface area contributed by atoms with Gasteiger partial charge in [-0.25, -0.2) is 0 Å². The first-order chi connectivity index (χ1) is 9.74. The van der Waals surface area contributed by atoms with Crippen LogP contribution in [0.3, 0.4) is 0 Å². The molecule has 0 spiro atoms. The van der Waals surface area contributed by atoms with E-state index >= 15 is 0 Å². The number of carbonyl (C=O) groups excluding carboxylic acids is 1. The van der Waals surface area contributed by atoms with Crippen LogP contribution in [0.2, 0.25) is 0 Å². The molecule has 5 nitrogen and oxygen atoms in total. The first-order valence-corrected chi connectivity index (χ1v) is 7.04. The van der Waals surface area contributed by atoms with E-state index in [4.69, 9.17) is 17.0 Å². The molecule has 0 bridgehead atoms. The Labute approximate surface area is 121 Å². The van der Waals surface area contributed by atoms with Crippen LogP contribution in [0.4, 0.5) is 0 Å². The largest absolute Gasteiger partial charge is 0.463 e. The average Bonchev–Trinajstić information content (AvgIpc) is 3.25. The monoisotopic (exact) mass is 289 g/mol. The van der Waals surface area contributed by atoms with Crippen LogP contribution in [0, 0.1) is 10.7 Å². The van der Waals surface area contributed by atoms with Gasteiger partial charge in [0.25, 0.3) is 0 Å². The maximum atomic E-state index is 11.4. The topological polar surface area (TPSA) is 59.9 Å². The molecule has 1 N–H and O–H groups in total. The van der Waals surface area contributed by atoms with Crippen LogP contribution in [0.5, 0.6) is 0 Å². The van der Waals surface area contributed by atoms with E-state index in [1.807, 2.05) is 30.3 Å². The summed E-state index contributed by atoms with van der Waals surface area (Å²) < 4.78 is 7.37. The molecule has 2 aromatic rings. The Morgan fingerprint density at radius 2 is 2.15 bits per heavy atom. The van der Waals surface area contributed by atoms with Gasteiger partial charge in [-0.05, 0) is 25.1 Å². The smallest absolute Gasteiger partial charge is 0.308 e. The van der Waals surface area contributed by atoms with E-state index in [1.54, 1.807) is 4.68 Å². The number of aromatic amines is 1. The zero-order chi connectivity index (χ0) is 13.9. The van der Waals surface area contributed by atoms with Gasteiger partial charge in [0.05, 0.1) is 12.5 Å². The van der Waals surface area contributed by atoms with Crippen molar-refractivity contribution < 1.29 is 9.53 Å². The van der Waals surface area contributed by atoms with Crippen molar-refractivity contribution in [2.24, 2.45) is 5.92 Å². The molecule has 1 fully saturated rings. The number of esters is 1. The quantitative estimate of drug-likeness (QED) is 0.679. The molecule has 1 aromatic carbocycles. The number of hydrogen-bond donors (Lipinski definition) is 1. The van der Waals surface area contributed by atoms with Gasteiger partial charge >= 0.3 is 5.97 Å². The van der Waals surface area contributed by atoms with Crippen LogP contribution in [-0.4, -0.2) is 27.3 Å². The lowest BCUT2D eigenvalue weighted by Gasteiger charge is -2.04. The molecule has 6 heteroatoms. The number of H-pyrrole nitrogens is 1. The van der Waals surface area contributed by atoms with E-state index < -0.39 is 0 Å². The molecular formula is C14H15N3O2S. The molecule has 1 aromatic heterocycles. The second kappa shape index (κ2) is 5.58. The minimum absolute atomic E-state index is 0.0979. The van der Waals surface area contributed by atoms with E-state index in [2.05, 4.69) is 10.1 Å². The zero-order valence-electron chi connectivity index (χ0n) is 10.9. The summed E-state index contributed by atoms with van der Waals surface area (Å²) in [7, 11) is 0. The van der Waals surface area contributed by atoms with E-state index in [1.165, 1.54) is 0 Å². The number of hydrogen-bond acceptors (Lipinski definition) is 4. The van der Waals surface area contributed by atoms with Crippen LogP contribution < -0.4 is 0 Å². The van der Waals surface area contributed by atoms with Gasteiger partial charge in [-0.2, -0.15) is 4.98 Å². The van der Waals surface area contributed by atoms with Crippen molar-refractivity contribution in [3.05, 3.63) is 35.1 Å². The molecule has 1 saturated carbocycles. The number of nitrogens with one attached hydrogen (secondary N) is 1. The lowest BCUT2D eigenvalue weighted by molar-refractivity contribution is -0.145. The molecule has 104 valence electrons. The third-order valence-corrected chi connectivity index (χ3v) is 3.51. The molecule has 20 heavy (non-hydrogen) atoms.